The summed E-state index contributed by atoms with van der Waals surface area (Å²) >= 11 is 0. The highest BCUT2D eigenvalue weighted by molar-refractivity contribution is 5.29. The highest BCUT2D eigenvalue weighted by Crippen LogP contribution is 2.19. The normalized spacial score (nSPS) is 14.5. The fourth-order valence-corrected chi connectivity index (χ4v) is 1.32. The molecule has 0 aliphatic heterocycles. The molecule has 3 heteroatoms. The van der Waals surface area contributed by atoms with Crippen molar-refractivity contribution in [2.45, 2.75) is 32.5 Å². The second-order valence-corrected chi connectivity index (χ2v) is 3.84. The van der Waals surface area contributed by atoms with E-state index in [0.717, 1.165) is 17.7 Å². The lowest BCUT2D eigenvalue weighted by molar-refractivity contribution is -0.00380. The molecule has 0 radical (unpaired) electrons. The lowest BCUT2D eigenvalue weighted by Crippen LogP contribution is -2.13. The van der Waals surface area contributed by atoms with Gasteiger partial charge in [0.2, 0.25) is 0 Å². The van der Waals surface area contributed by atoms with Gasteiger partial charge in [0, 0.05) is 0 Å². The molecule has 0 bridgehead atoms. The zero-order valence-electron chi connectivity index (χ0n) is 10.1. The van der Waals surface area contributed by atoms with Crippen LogP contribution in [0.15, 0.2) is 24.3 Å². The smallest absolute Gasteiger partial charge is 0.119 e. The van der Waals surface area contributed by atoms with Gasteiger partial charge in [-0.25, -0.2) is 0 Å². The van der Waals surface area contributed by atoms with Crippen LogP contribution in [0.2, 0.25) is 0 Å². The van der Waals surface area contributed by atoms with Crippen LogP contribution in [0, 0.1) is 0 Å². The molecule has 1 N–H and O–H groups in total. The Morgan fingerprint density at radius 2 is 2.12 bits per heavy atom. The Balaban J connectivity index is 2.54. The number of rotatable bonds is 6. The second-order valence-electron chi connectivity index (χ2n) is 3.84. The number of benzene rings is 1. The Bertz CT molecular complexity index is 312. The van der Waals surface area contributed by atoms with Crippen LogP contribution < -0.4 is 4.74 Å². The molecule has 3 nitrogen and oxygen atoms in total. The summed E-state index contributed by atoms with van der Waals surface area (Å²) in [6.07, 6.45) is 0.537. The van der Waals surface area contributed by atoms with Crippen LogP contribution >= 0.6 is 0 Å². The van der Waals surface area contributed by atoms with Crippen LogP contribution in [-0.4, -0.2) is 24.9 Å². The number of aliphatic hydroxyl groups excluding tert-OH is 1. The van der Waals surface area contributed by atoms with E-state index in [1.54, 1.807) is 7.11 Å². The van der Waals surface area contributed by atoms with E-state index in [1.807, 2.05) is 31.2 Å². The maximum atomic E-state index is 9.90. The number of hydrogen-bond donors (Lipinski definition) is 1. The van der Waals surface area contributed by atoms with E-state index in [-0.39, 0.29) is 6.10 Å². The van der Waals surface area contributed by atoms with Gasteiger partial charge in [0.25, 0.3) is 0 Å². The van der Waals surface area contributed by atoms with E-state index in [1.165, 1.54) is 0 Å². The minimum atomic E-state index is -0.593. The summed E-state index contributed by atoms with van der Waals surface area (Å²) < 4.78 is 10.6. The van der Waals surface area contributed by atoms with Gasteiger partial charge in [-0.15, -0.1) is 0 Å². The van der Waals surface area contributed by atoms with Gasteiger partial charge in [0.15, 0.2) is 0 Å². The maximum Gasteiger partial charge on any atom is 0.119 e. The molecule has 0 amide bonds. The van der Waals surface area contributed by atoms with Gasteiger partial charge < -0.3 is 14.6 Å². The Morgan fingerprint density at radius 1 is 1.38 bits per heavy atom. The van der Waals surface area contributed by atoms with Crippen molar-refractivity contribution >= 4 is 0 Å². The summed E-state index contributed by atoms with van der Waals surface area (Å²) in [4.78, 5) is 0. The molecule has 0 fully saturated rings. The Kier molecular flexibility index (Phi) is 5.29. The van der Waals surface area contributed by atoms with Crippen LogP contribution in [0.5, 0.6) is 5.75 Å². The quantitative estimate of drug-likeness (QED) is 0.807. The van der Waals surface area contributed by atoms with Crippen molar-refractivity contribution in [2.75, 3.05) is 13.7 Å². The summed E-state index contributed by atoms with van der Waals surface area (Å²) in [5, 5.41) is 9.90. The molecular formula is C13H20O3. The Morgan fingerprint density at radius 3 is 2.75 bits per heavy atom. The molecule has 90 valence electrons. The van der Waals surface area contributed by atoms with E-state index in [0.29, 0.717) is 6.61 Å². The summed E-state index contributed by atoms with van der Waals surface area (Å²) in [6, 6.07) is 7.41. The molecule has 2 atom stereocenters. The fraction of sp³-hybridized carbons (Fsp3) is 0.538. The molecule has 0 saturated carbocycles. The zero-order chi connectivity index (χ0) is 12.0. The topological polar surface area (TPSA) is 38.7 Å². The summed E-state index contributed by atoms with van der Waals surface area (Å²) in [5.74, 6) is 0.750. The summed E-state index contributed by atoms with van der Waals surface area (Å²) in [6.45, 7) is 4.38. The molecule has 1 aromatic carbocycles. The van der Waals surface area contributed by atoms with Gasteiger partial charge in [-0.2, -0.15) is 0 Å². The van der Waals surface area contributed by atoms with Crippen molar-refractivity contribution in [3.05, 3.63) is 29.8 Å². The molecule has 0 heterocycles. The van der Waals surface area contributed by atoms with Crippen LogP contribution in [0.25, 0.3) is 0 Å². The molecule has 0 spiro atoms. The third-order valence-corrected chi connectivity index (χ3v) is 2.59. The van der Waals surface area contributed by atoms with Gasteiger partial charge >= 0.3 is 0 Å². The lowest BCUT2D eigenvalue weighted by atomic mass is 10.1. The molecule has 1 aromatic rings. The third-order valence-electron chi connectivity index (χ3n) is 2.59. The van der Waals surface area contributed by atoms with Crippen molar-refractivity contribution in [3.63, 3.8) is 0 Å². The van der Waals surface area contributed by atoms with E-state index < -0.39 is 6.10 Å². The molecule has 16 heavy (non-hydrogen) atoms. The number of aliphatic hydroxyl groups is 1. The van der Waals surface area contributed by atoms with Crippen molar-refractivity contribution in [2.24, 2.45) is 0 Å². The van der Waals surface area contributed by atoms with E-state index in [9.17, 15) is 5.11 Å². The van der Waals surface area contributed by atoms with Crippen molar-refractivity contribution in [1.29, 1.82) is 0 Å². The predicted octanol–water partition coefficient (Wildman–Crippen LogP) is 2.54. The first kappa shape index (κ1) is 13.0. The molecule has 0 aliphatic carbocycles. The van der Waals surface area contributed by atoms with Gasteiger partial charge in [-0.1, -0.05) is 19.1 Å². The van der Waals surface area contributed by atoms with Crippen LogP contribution in [-0.2, 0) is 4.74 Å². The highest BCUT2D eigenvalue weighted by Gasteiger charge is 2.10. The van der Waals surface area contributed by atoms with Crippen molar-refractivity contribution in [3.8, 4) is 5.75 Å². The Labute approximate surface area is 97.0 Å². The van der Waals surface area contributed by atoms with Gasteiger partial charge in [0.05, 0.1) is 19.8 Å². The number of methoxy groups -OCH3 is 1. The van der Waals surface area contributed by atoms with E-state index in [4.69, 9.17) is 9.47 Å². The van der Waals surface area contributed by atoms with Gasteiger partial charge in [0.1, 0.15) is 11.9 Å². The first-order valence-electron chi connectivity index (χ1n) is 5.61. The molecular weight excluding hydrogens is 204 g/mol. The number of hydrogen-bond acceptors (Lipinski definition) is 3. The maximum absolute atomic E-state index is 9.90. The largest absolute Gasteiger partial charge is 0.497 e. The molecule has 0 aromatic heterocycles. The molecule has 0 saturated heterocycles. The standard InChI is InChI=1S/C13H20O3/c1-4-10(2)16-9-13(14)11-6-5-7-12(8-11)15-3/h5-8,10,13-14H,4,9H2,1-3H3. The van der Waals surface area contributed by atoms with Crippen molar-refractivity contribution < 1.29 is 14.6 Å². The summed E-state index contributed by atoms with van der Waals surface area (Å²) in [5.41, 5.74) is 0.822. The minimum Gasteiger partial charge on any atom is -0.497 e. The SMILES string of the molecule is CCC(C)OCC(O)c1cccc(OC)c1. The van der Waals surface area contributed by atoms with E-state index in [2.05, 4.69) is 6.92 Å². The van der Waals surface area contributed by atoms with Crippen LogP contribution in [0.3, 0.4) is 0 Å². The molecule has 1 rings (SSSR count). The molecule has 2 unspecified atom stereocenters. The average molecular weight is 224 g/mol. The zero-order valence-corrected chi connectivity index (χ0v) is 10.1. The Hall–Kier alpha value is -1.06. The van der Waals surface area contributed by atoms with Crippen LogP contribution in [0.1, 0.15) is 31.9 Å². The van der Waals surface area contributed by atoms with Crippen LogP contribution in [0.4, 0.5) is 0 Å². The fourth-order valence-electron chi connectivity index (χ4n) is 1.32. The third kappa shape index (κ3) is 3.83. The first-order valence-corrected chi connectivity index (χ1v) is 5.61. The van der Waals surface area contributed by atoms with Gasteiger partial charge in [-0.05, 0) is 31.0 Å². The van der Waals surface area contributed by atoms with E-state index >= 15 is 0 Å². The minimum absolute atomic E-state index is 0.181. The lowest BCUT2D eigenvalue weighted by Gasteiger charge is -2.15. The monoisotopic (exact) mass is 224 g/mol. The van der Waals surface area contributed by atoms with Crippen molar-refractivity contribution in [1.82, 2.24) is 0 Å². The molecule has 0 aliphatic rings. The number of ether oxygens (including phenoxy) is 2. The predicted molar refractivity (Wildman–Crippen MR) is 63.7 cm³/mol. The second kappa shape index (κ2) is 6.51. The average Bonchev–Trinajstić information content (AvgIpc) is 2.35. The first-order chi connectivity index (χ1) is 7.67. The summed E-state index contributed by atoms with van der Waals surface area (Å²) in [7, 11) is 1.61. The highest BCUT2D eigenvalue weighted by atomic mass is 16.5. The van der Waals surface area contributed by atoms with Gasteiger partial charge in [-0.3, -0.25) is 0 Å².